The second kappa shape index (κ2) is 13.4. The molecule has 0 saturated carbocycles. The molecule has 4 aromatic rings. The van der Waals surface area contributed by atoms with E-state index in [9.17, 15) is 23.4 Å². The molecular formula is C30H37N7O6S. The summed E-state index contributed by atoms with van der Waals surface area (Å²) < 4.78 is 34.8. The molecule has 5 N–H and O–H groups in total. The number of imidazole rings is 1. The second-order valence-corrected chi connectivity index (χ2v) is 13.1. The van der Waals surface area contributed by atoms with Crippen LogP contribution >= 0.6 is 0 Å². The molecule has 3 heterocycles. The van der Waals surface area contributed by atoms with Gasteiger partial charge in [-0.2, -0.15) is 0 Å². The monoisotopic (exact) mass is 623 g/mol. The maximum absolute atomic E-state index is 12.5. The Bertz CT molecular complexity index is 1640. The van der Waals surface area contributed by atoms with E-state index in [1.807, 2.05) is 60.7 Å². The standard InChI is InChI=1S/C30H37N7O6S/c1-4-31-29(40)26-24(38)25(39)30(43-26)37-17-33-23-27(35-22(36-28(23)37)16-34-44(41,42)18(2)3)32-15-21(19-11-7-5-8-12-19)20-13-9-6-10-14-20/h5-14,17-18,21,24-26,30,34,38-39H,4,15-16H2,1-3H3,(H,31,40)(H,32,35,36)/t24-,25-,26-,30-/m1/s1. The molecule has 0 radical (unpaired) electrons. The number of hydrogen-bond donors (Lipinski definition) is 5. The van der Waals surface area contributed by atoms with E-state index >= 15 is 0 Å². The number of aliphatic hydroxyl groups excluding tert-OH is 2. The van der Waals surface area contributed by atoms with Crippen molar-refractivity contribution < 1.29 is 28.2 Å². The number of likely N-dealkylation sites (N-methyl/N-ethyl adjacent to an activating group) is 1. The van der Waals surface area contributed by atoms with E-state index < -0.39 is 45.7 Å². The summed E-state index contributed by atoms with van der Waals surface area (Å²) in [5, 5.41) is 26.8. The van der Waals surface area contributed by atoms with Gasteiger partial charge in [-0.3, -0.25) is 9.36 Å². The lowest BCUT2D eigenvalue weighted by Gasteiger charge is -2.20. The van der Waals surface area contributed by atoms with Crippen LogP contribution in [0.25, 0.3) is 11.2 Å². The molecule has 5 rings (SSSR count). The number of aromatic nitrogens is 4. The molecular weight excluding hydrogens is 586 g/mol. The van der Waals surface area contributed by atoms with Gasteiger partial charge in [0, 0.05) is 19.0 Å². The van der Waals surface area contributed by atoms with E-state index in [0.717, 1.165) is 11.1 Å². The Morgan fingerprint density at radius 2 is 1.64 bits per heavy atom. The summed E-state index contributed by atoms with van der Waals surface area (Å²) in [7, 11) is -3.63. The summed E-state index contributed by atoms with van der Waals surface area (Å²) in [6.07, 6.45) is -4.05. The third kappa shape index (κ3) is 6.59. The Labute approximate surface area is 255 Å². The van der Waals surface area contributed by atoms with Crippen LogP contribution in [0, 0.1) is 0 Å². The summed E-state index contributed by atoms with van der Waals surface area (Å²) in [5.74, 6) is -0.118. The van der Waals surface area contributed by atoms with E-state index in [-0.39, 0.29) is 23.9 Å². The van der Waals surface area contributed by atoms with Crippen molar-refractivity contribution in [1.82, 2.24) is 29.6 Å². The van der Waals surface area contributed by atoms with E-state index in [2.05, 4.69) is 30.3 Å². The highest BCUT2D eigenvalue weighted by Gasteiger charge is 2.47. The Balaban J connectivity index is 1.52. The zero-order valence-corrected chi connectivity index (χ0v) is 25.5. The van der Waals surface area contributed by atoms with Crippen LogP contribution in [-0.4, -0.2) is 80.7 Å². The molecule has 14 heteroatoms. The quantitative estimate of drug-likeness (QED) is 0.156. The number of nitrogens with zero attached hydrogens (tertiary/aromatic N) is 4. The van der Waals surface area contributed by atoms with Crippen molar-refractivity contribution in [2.45, 2.75) is 63.0 Å². The number of ether oxygens (including phenoxy) is 1. The van der Waals surface area contributed by atoms with Gasteiger partial charge in [0.1, 0.15) is 18.0 Å². The number of sulfonamides is 1. The minimum absolute atomic E-state index is 0.0552. The molecule has 234 valence electrons. The van der Waals surface area contributed by atoms with Crippen molar-refractivity contribution in [2.24, 2.45) is 0 Å². The number of fused-ring (bicyclic) bond motifs is 1. The van der Waals surface area contributed by atoms with Gasteiger partial charge in [-0.15, -0.1) is 0 Å². The molecule has 0 bridgehead atoms. The van der Waals surface area contributed by atoms with Crippen LogP contribution in [0.1, 0.15) is 49.9 Å². The van der Waals surface area contributed by atoms with Gasteiger partial charge < -0.3 is 25.6 Å². The highest BCUT2D eigenvalue weighted by atomic mass is 32.2. The fraction of sp³-hybridized carbons (Fsp3) is 0.400. The van der Waals surface area contributed by atoms with Gasteiger partial charge in [-0.05, 0) is 31.9 Å². The van der Waals surface area contributed by atoms with Crippen molar-refractivity contribution in [3.05, 3.63) is 83.9 Å². The molecule has 1 aliphatic rings. The van der Waals surface area contributed by atoms with Crippen LogP contribution < -0.4 is 15.4 Å². The Morgan fingerprint density at radius 1 is 1.00 bits per heavy atom. The highest BCUT2D eigenvalue weighted by molar-refractivity contribution is 7.90. The molecule has 0 spiro atoms. The number of hydrogen-bond acceptors (Lipinski definition) is 10. The second-order valence-electron chi connectivity index (χ2n) is 10.8. The number of nitrogens with one attached hydrogen (secondary N) is 3. The molecule has 13 nitrogen and oxygen atoms in total. The minimum Gasteiger partial charge on any atom is -0.387 e. The first kappa shape index (κ1) is 31.5. The maximum Gasteiger partial charge on any atom is 0.252 e. The molecule has 1 fully saturated rings. The van der Waals surface area contributed by atoms with Crippen LogP contribution in [0.15, 0.2) is 67.0 Å². The van der Waals surface area contributed by atoms with Gasteiger partial charge in [0.05, 0.1) is 18.1 Å². The zero-order valence-electron chi connectivity index (χ0n) is 24.7. The van der Waals surface area contributed by atoms with Crippen molar-refractivity contribution in [1.29, 1.82) is 0 Å². The van der Waals surface area contributed by atoms with Gasteiger partial charge in [-0.25, -0.2) is 28.1 Å². The van der Waals surface area contributed by atoms with Gasteiger partial charge >= 0.3 is 0 Å². The summed E-state index contributed by atoms with van der Waals surface area (Å²) in [5.41, 5.74) is 2.73. The maximum atomic E-state index is 12.5. The summed E-state index contributed by atoms with van der Waals surface area (Å²) in [4.78, 5) is 26.1. The Morgan fingerprint density at radius 3 is 2.23 bits per heavy atom. The van der Waals surface area contributed by atoms with Gasteiger partial charge in [-0.1, -0.05) is 60.7 Å². The van der Waals surface area contributed by atoms with Crippen LogP contribution in [0.4, 0.5) is 5.82 Å². The first-order chi connectivity index (χ1) is 21.1. The van der Waals surface area contributed by atoms with E-state index in [1.165, 1.54) is 10.9 Å². The predicted octanol–water partition coefficient (Wildman–Crippen LogP) is 1.65. The van der Waals surface area contributed by atoms with Gasteiger partial charge in [0.25, 0.3) is 5.91 Å². The largest absolute Gasteiger partial charge is 0.387 e. The first-order valence-corrected chi connectivity index (χ1v) is 16.0. The number of carbonyl (C=O) groups is 1. The molecule has 2 aromatic carbocycles. The zero-order chi connectivity index (χ0) is 31.4. The Kier molecular flexibility index (Phi) is 9.56. The smallest absolute Gasteiger partial charge is 0.252 e. The van der Waals surface area contributed by atoms with Gasteiger partial charge in [0.2, 0.25) is 10.0 Å². The molecule has 0 aliphatic carbocycles. The molecule has 1 aliphatic heterocycles. The third-order valence-electron chi connectivity index (χ3n) is 7.52. The van der Waals surface area contributed by atoms with Crippen LogP contribution in [0.2, 0.25) is 0 Å². The number of anilines is 1. The number of carbonyl (C=O) groups excluding carboxylic acids is 1. The summed E-state index contributed by atoms with van der Waals surface area (Å²) in [6.45, 7) is 5.41. The van der Waals surface area contributed by atoms with Crippen molar-refractivity contribution >= 4 is 32.9 Å². The van der Waals surface area contributed by atoms with E-state index in [4.69, 9.17) is 4.74 Å². The normalized spacial score (nSPS) is 20.4. The lowest BCUT2D eigenvalue weighted by molar-refractivity contribution is -0.137. The molecule has 0 unspecified atom stereocenters. The van der Waals surface area contributed by atoms with Crippen molar-refractivity contribution in [3.63, 3.8) is 0 Å². The molecule has 1 amide bonds. The van der Waals surface area contributed by atoms with Crippen molar-refractivity contribution in [3.8, 4) is 0 Å². The molecule has 44 heavy (non-hydrogen) atoms. The summed E-state index contributed by atoms with van der Waals surface area (Å²) in [6, 6.07) is 20.0. The fourth-order valence-electron chi connectivity index (χ4n) is 5.06. The SMILES string of the molecule is CCNC(=O)[C@@H]1O[C@@H](n2cnc3c(NCC(c4ccccc4)c4ccccc4)nc(CNS(=O)(=O)C(C)C)nc32)[C@H](O)[C@H]1O. The van der Waals surface area contributed by atoms with E-state index in [1.54, 1.807) is 20.8 Å². The molecule has 2 aromatic heterocycles. The molecule has 4 atom stereocenters. The van der Waals surface area contributed by atoms with E-state index in [0.29, 0.717) is 24.4 Å². The van der Waals surface area contributed by atoms with Crippen LogP contribution in [0.5, 0.6) is 0 Å². The molecule has 1 saturated heterocycles. The fourth-order valence-corrected chi connectivity index (χ4v) is 5.72. The highest BCUT2D eigenvalue weighted by Crippen LogP contribution is 2.33. The van der Waals surface area contributed by atoms with Crippen molar-refractivity contribution in [2.75, 3.05) is 18.4 Å². The minimum atomic E-state index is -3.63. The van der Waals surface area contributed by atoms with Gasteiger partial charge in [0.15, 0.2) is 29.3 Å². The number of benzene rings is 2. The lowest BCUT2D eigenvalue weighted by Crippen LogP contribution is -2.42. The number of amides is 1. The Hall–Kier alpha value is -3.95. The lowest BCUT2D eigenvalue weighted by atomic mass is 9.91. The average Bonchev–Trinajstić information content (AvgIpc) is 3.57. The third-order valence-corrected chi connectivity index (χ3v) is 9.31. The average molecular weight is 624 g/mol. The number of rotatable bonds is 12. The summed E-state index contributed by atoms with van der Waals surface area (Å²) >= 11 is 0. The predicted molar refractivity (Wildman–Crippen MR) is 164 cm³/mol. The topological polar surface area (TPSA) is 181 Å². The van der Waals surface area contributed by atoms with Crippen LogP contribution in [-0.2, 0) is 26.1 Å². The number of aliphatic hydroxyl groups is 2. The van der Waals surface area contributed by atoms with Crippen LogP contribution in [0.3, 0.4) is 0 Å². The first-order valence-electron chi connectivity index (χ1n) is 14.5.